The molecule has 0 radical (unpaired) electrons. The van der Waals surface area contributed by atoms with Gasteiger partial charge in [0.1, 0.15) is 18.1 Å². The lowest BCUT2D eigenvalue weighted by Crippen LogP contribution is -2.07. The highest BCUT2D eigenvalue weighted by atomic mass is 16.5. The van der Waals surface area contributed by atoms with E-state index in [1.165, 1.54) is 0 Å². The lowest BCUT2D eigenvalue weighted by Gasteiger charge is -2.17. The van der Waals surface area contributed by atoms with Crippen molar-refractivity contribution in [2.24, 2.45) is 0 Å². The average Bonchev–Trinajstić information content (AvgIpc) is 2.36. The van der Waals surface area contributed by atoms with E-state index in [1.807, 2.05) is 6.07 Å². The van der Waals surface area contributed by atoms with Crippen molar-refractivity contribution in [1.29, 1.82) is 0 Å². The number of nitrogen functional groups attached to an aromatic ring is 1. The van der Waals surface area contributed by atoms with Gasteiger partial charge in [0.15, 0.2) is 5.94 Å². The Hall–Kier alpha value is -2.45. The van der Waals surface area contributed by atoms with Gasteiger partial charge in [0.25, 0.3) is 0 Å². The Balaban J connectivity index is 2.39. The van der Waals surface area contributed by atoms with Crippen LogP contribution in [0, 0.1) is 0 Å². The Bertz CT molecular complexity index is 541. The first-order valence-electron chi connectivity index (χ1n) is 5.12. The lowest BCUT2D eigenvalue weighted by atomic mass is 10.1. The topological polar surface area (TPSA) is 64.3 Å². The van der Waals surface area contributed by atoms with E-state index in [-0.39, 0.29) is 0 Å². The van der Waals surface area contributed by atoms with Gasteiger partial charge in [-0.1, -0.05) is 12.7 Å². The number of allylic oxidation sites excluding steroid dienone is 1. The molecule has 17 heavy (non-hydrogen) atoms. The van der Waals surface area contributed by atoms with Crippen LogP contribution in [0.4, 0.5) is 11.4 Å². The van der Waals surface area contributed by atoms with Crippen molar-refractivity contribution >= 4 is 23.4 Å². The first kappa shape index (κ1) is 11.0. The maximum absolute atomic E-state index is 10.5. The van der Waals surface area contributed by atoms with Gasteiger partial charge in [-0.05, 0) is 18.2 Å². The minimum Gasteiger partial charge on any atom is -0.489 e. The van der Waals surface area contributed by atoms with E-state index in [0.717, 1.165) is 5.56 Å². The van der Waals surface area contributed by atoms with E-state index >= 15 is 0 Å². The van der Waals surface area contributed by atoms with Crippen LogP contribution in [0.3, 0.4) is 0 Å². The molecule has 3 N–H and O–H groups in total. The van der Waals surface area contributed by atoms with Crippen LogP contribution < -0.4 is 15.8 Å². The fraction of sp³-hybridized carbons (Fsp3) is 0.0769. The van der Waals surface area contributed by atoms with Gasteiger partial charge in [0, 0.05) is 11.6 Å². The molecule has 0 aliphatic carbocycles. The molecule has 1 aliphatic heterocycles. The monoisotopic (exact) mass is 228 g/mol. The highest BCUT2D eigenvalue weighted by Gasteiger charge is 2.12. The second-order valence-electron chi connectivity index (χ2n) is 3.55. The van der Waals surface area contributed by atoms with Crippen LogP contribution in [0.1, 0.15) is 5.56 Å². The minimum absolute atomic E-state index is 0.365. The van der Waals surface area contributed by atoms with E-state index in [2.05, 4.69) is 11.9 Å². The average molecular weight is 228 g/mol. The number of fused-ring (bicyclic) bond motifs is 1. The molecule has 0 aromatic heterocycles. The van der Waals surface area contributed by atoms with Gasteiger partial charge < -0.3 is 15.8 Å². The van der Waals surface area contributed by atoms with Crippen LogP contribution in [-0.4, -0.2) is 12.5 Å². The second-order valence-corrected chi connectivity index (χ2v) is 3.55. The molecule has 4 heteroatoms. The normalized spacial score (nSPS) is 12.4. The summed E-state index contributed by atoms with van der Waals surface area (Å²) in [5, 5.41) is 2.90. The van der Waals surface area contributed by atoms with E-state index in [4.69, 9.17) is 10.5 Å². The third-order valence-electron chi connectivity index (χ3n) is 2.34. The molecule has 1 heterocycles. The molecule has 0 fully saturated rings. The first-order valence-corrected chi connectivity index (χ1v) is 5.12. The van der Waals surface area contributed by atoms with Crippen molar-refractivity contribution < 1.29 is 9.53 Å². The van der Waals surface area contributed by atoms with Crippen LogP contribution >= 0.6 is 0 Å². The molecule has 0 spiro atoms. The van der Waals surface area contributed by atoms with Crippen LogP contribution in [0.2, 0.25) is 0 Å². The molecule has 1 aliphatic rings. The molecule has 2 rings (SSSR count). The fourth-order valence-electron chi connectivity index (χ4n) is 1.58. The summed E-state index contributed by atoms with van der Waals surface area (Å²) in [6, 6.07) is 3.55. The molecule has 1 aromatic rings. The number of ether oxygens (including phenoxy) is 1. The molecule has 4 nitrogen and oxygen atoms in total. The summed E-state index contributed by atoms with van der Waals surface area (Å²) in [4.78, 5) is 10.5. The molecule has 0 atom stereocenters. The summed E-state index contributed by atoms with van der Waals surface area (Å²) in [7, 11) is 0. The number of nitrogens with two attached hydrogens (primary N) is 1. The maximum Gasteiger partial charge on any atom is 0.150 e. The Labute approximate surface area is 99.1 Å². The van der Waals surface area contributed by atoms with Crippen LogP contribution in [0.5, 0.6) is 5.75 Å². The van der Waals surface area contributed by atoms with Crippen LogP contribution in [0.25, 0.3) is 6.08 Å². The number of anilines is 2. The molecule has 86 valence electrons. The number of rotatable bonds is 3. The largest absolute Gasteiger partial charge is 0.489 e. The highest BCUT2D eigenvalue weighted by Crippen LogP contribution is 2.33. The summed E-state index contributed by atoms with van der Waals surface area (Å²) in [5.41, 5.74) is 8.36. The van der Waals surface area contributed by atoms with Gasteiger partial charge in [0.05, 0.1) is 11.4 Å². The summed E-state index contributed by atoms with van der Waals surface area (Å²) in [6.45, 7) is 4.00. The van der Waals surface area contributed by atoms with Crippen molar-refractivity contribution in [3.05, 3.63) is 42.1 Å². The van der Waals surface area contributed by atoms with Crippen molar-refractivity contribution in [3.8, 4) is 5.75 Å². The molecule has 1 aromatic carbocycles. The Morgan fingerprint density at radius 1 is 1.47 bits per heavy atom. The fourth-order valence-corrected chi connectivity index (χ4v) is 1.58. The third-order valence-corrected chi connectivity index (χ3v) is 2.34. The van der Waals surface area contributed by atoms with Crippen molar-refractivity contribution in [1.82, 2.24) is 0 Å². The number of benzene rings is 1. The van der Waals surface area contributed by atoms with Crippen molar-refractivity contribution in [2.75, 3.05) is 17.7 Å². The molecular weight excluding hydrogens is 216 g/mol. The third kappa shape index (κ3) is 2.22. The minimum atomic E-state index is 0.365. The summed E-state index contributed by atoms with van der Waals surface area (Å²) < 4.78 is 5.41. The van der Waals surface area contributed by atoms with E-state index in [0.29, 0.717) is 29.4 Å². The quantitative estimate of drug-likeness (QED) is 0.471. The molecule has 0 saturated heterocycles. The molecule has 0 saturated carbocycles. The first-order chi connectivity index (χ1) is 8.24. The zero-order valence-electron chi connectivity index (χ0n) is 9.19. The number of hydrogen-bond donors (Lipinski definition) is 2. The van der Waals surface area contributed by atoms with Gasteiger partial charge in [-0.25, -0.2) is 4.79 Å². The van der Waals surface area contributed by atoms with Gasteiger partial charge in [-0.15, -0.1) is 0 Å². The predicted octanol–water partition coefficient (Wildman–Crippen LogP) is 1.99. The summed E-state index contributed by atoms with van der Waals surface area (Å²) >= 11 is 0. The molecular formula is C13H12N2O2. The second kappa shape index (κ2) is 4.60. The number of hydrogen-bond acceptors (Lipinski definition) is 4. The van der Waals surface area contributed by atoms with Gasteiger partial charge in [-0.3, -0.25) is 0 Å². The lowest BCUT2D eigenvalue weighted by molar-refractivity contribution is 0.363. The Morgan fingerprint density at radius 3 is 3.00 bits per heavy atom. The van der Waals surface area contributed by atoms with E-state index in [9.17, 15) is 4.79 Å². The number of nitrogens with one attached hydrogen (secondary N) is 1. The molecule has 0 amide bonds. The van der Waals surface area contributed by atoms with Gasteiger partial charge in [0.2, 0.25) is 0 Å². The zero-order valence-corrected chi connectivity index (χ0v) is 9.19. The molecule has 0 unspecified atom stereocenters. The Morgan fingerprint density at radius 2 is 2.29 bits per heavy atom. The van der Waals surface area contributed by atoms with Crippen molar-refractivity contribution in [3.63, 3.8) is 0 Å². The Kier molecular flexibility index (Phi) is 2.99. The number of carbonyl (C=O) groups excluding carboxylic acids is 1. The van der Waals surface area contributed by atoms with E-state index in [1.54, 1.807) is 30.2 Å². The molecule has 0 bridgehead atoms. The van der Waals surface area contributed by atoms with E-state index < -0.39 is 0 Å². The SMILES string of the molecule is C=CCOc1cc(N)c2c(c1)C=CC(=C=O)N2. The highest BCUT2D eigenvalue weighted by molar-refractivity contribution is 5.87. The smallest absolute Gasteiger partial charge is 0.150 e. The van der Waals surface area contributed by atoms with Gasteiger partial charge >= 0.3 is 0 Å². The van der Waals surface area contributed by atoms with Crippen LogP contribution in [-0.2, 0) is 4.79 Å². The summed E-state index contributed by atoms with van der Waals surface area (Å²) in [6.07, 6.45) is 5.10. The standard InChI is InChI=1S/C13H12N2O2/c1-2-5-17-11-6-9-3-4-10(8-16)15-13(9)12(14)7-11/h2-4,6-7,15H,1,5,14H2. The zero-order chi connectivity index (χ0) is 12.3. The van der Waals surface area contributed by atoms with Crippen LogP contribution in [0.15, 0.2) is 36.6 Å². The van der Waals surface area contributed by atoms with Crippen molar-refractivity contribution in [2.45, 2.75) is 0 Å². The van der Waals surface area contributed by atoms with Gasteiger partial charge in [-0.2, -0.15) is 0 Å². The summed E-state index contributed by atoms with van der Waals surface area (Å²) in [5.74, 6) is 2.46. The maximum atomic E-state index is 10.5. The predicted molar refractivity (Wildman–Crippen MR) is 68.4 cm³/mol.